The van der Waals surface area contributed by atoms with Crippen molar-refractivity contribution in [2.24, 2.45) is 17.6 Å². The highest BCUT2D eigenvalue weighted by atomic mass is 16.1. The Kier molecular flexibility index (Phi) is 2.74. The molecule has 0 aliphatic heterocycles. The first-order chi connectivity index (χ1) is 8.65. The van der Waals surface area contributed by atoms with E-state index in [1.807, 2.05) is 18.2 Å². The van der Waals surface area contributed by atoms with Gasteiger partial charge >= 0.3 is 5.69 Å². The molecule has 1 heterocycles. The molecule has 1 aliphatic carbocycles. The molecule has 0 radical (unpaired) electrons. The first-order valence-electron chi connectivity index (χ1n) is 6.62. The molecule has 4 heteroatoms. The monoisotopic (exact) mass is 245 g/mol. The Bertz CT molecular complexity index is 613. The van der Waals surface area contributed by atoms with Crippen molar-refractivity contribution < 1.29 is 0 Å². The minimum Gasteiger partial charge on any atom is -0.324 e. The van der Waals surface area contributed by atoms with Gasteiger partial charge in [0.25, 0.3) is 0 Å². The Labute approximate surface area is 106 Å². The topological polar surface area (TPSA) is 74.7 Å². The van der Waals surface area contributed by atoms with E-state index in [9.17, 15) is 4.79 Å². The summed E-state index contributed by atoms with van der Waals surface area (Å²) in [5.74, 6) is 1.26. The third-order valence-electron chi connectivity index (χ3n) is 4.31. The number of nitrogens with two attached hydrogens (primary N) is 1. The summed E-state index contributed by atoms with van der Waals surface area (Å²) in [4.78, 5) is 16.8. The number of benzene rings is 1. The third kappa shape index (κ3) is 1.86. The van der Waals surface area contributed by atoms with Crippen LogP contribution in [0.25, 0.3) is 11.0 Å². The molecule has 1 aliphatic rings. The molecule has 1 saturated carbocycles. The average Bonchev–Trinajstić information content (AvgIpc) is 2.91. The summed E-state index contributed by atoms with van der Waals surface area (Å²) >= 11 is 0. The number of aromatic nitrogens is 2. The van der Waals surface area contributed by atoms with Gasteiger partial charge in [-0.3, -0.25) is 0 Å². The Morgan fingerprint density at radius 1 is 1.28 bits per heavy atom. The molecule has 96 valence electrons. The van der Waals surface area contributed by atoms with Gasteiger partial charge < -0.3 is 15.7 Å². The van der Waals surface area contributed by atoms with Gasteiger partial charge in [-0.1, -0.05) is 25.8 Å². The Morgan fingerprint density at radius 2 is 2.06 bits per heavy atom. The van der Waals surface area contributed by atoms with Crippen LogP contribution in [0.1, 0.15) is 37.8 Å². The Hall–Kier alpha value is -1.55. The molecule has 1 aromatic carbocycles. The summed E-state index contributed by atoms with van der Waals surface area (Å²) in [6, 6.07) is 6.04. The maximum atomic E-state index is 11.2. The van der Waals surface area contributed by atoms with Gasteiger partial charge in [-0.05, 0) is 36.0 Å². The minimum atomic E-state index is -0.162. The van der Waals surface area contributed by atoms with Crippen molar-refractivity contribution in [3.8, 4) is 0 Å². The number of aromatic amines is 2. The maximum Gasteiger partial charge on any atom is 0.323 e. The summed E-state index contributed by atoms with van der Waals surface area (Å²) in [6.07, 6.45) is 3.77. The van der Waals surface area contributed by atoms with Crippen molar-refractivity contribution in [3.63, 3.8) is 0 Å². The molecule has 18 heavy (non-hydrogen) atoms. The molecule has 0 bridgehead atoms. The van der Waals surface area contributed by atoms with Gasteiger partial charge in [-0.2, -0.15) is 0 Å². The molecule has 3 atom stereocenters. The van der Waals surface area contributed by atoms with Crippen molar-refractivity contribution in [1.82, 2.24) is 9.97 Å². The molecule has 4 nitrogen and oxygen atoms in total. The number of H-pyrrole nitrogens is 2. The second-order valence-electron chi connectivity index (χ2n) is 5.48. The molecular formula is C14H19N3O. The van der Waals surface area contributed by atoms with E-state index in [1.165, 1.54) is 19.3 Å². The van der Waals surface area contributed by atoms with Crippen LogP contribution >= 0.6 is 0 Å². The van der Waals surface area contributed by atoms with E-state index >= 15 is 0 Å². The fourth-order valence-corrected chi connectivity index (χ4v) is 3.21. The predicted molar refractivity (Wildman–Crippen MR) is 72.4 cm³/mol. The summed E-state index contributed by atoms with van der Waals surface area (Å²) in [6.45, 7) is 2.29. The third-order valence-corrected chi connectivity index (χ3v) is 4.31. The fraction of sp³-hybridized carbons (Fsp3) is 0.500. The zero-order valence-corrected chi connectivity index (χ0v) is 10.6. The molecular weight excluding hydrogens is 226 g/mol. The van der Waals surface area contributed by atoms with Gasteiger partial charge in [0.05, 0.1) is 11.0 Å². The molecule has 1 fully saturated rings. The van der Waals surface area contributed by atoms with Gasteiger partial charge in [0, 0.05) is 6.04 Å². The van der Waals surface area contributed by atoms with Crippen molar-refractivity contribution in [3.05, 3.63) is 34.2 Å². The van der Waals surface area contributed by atoms with E-state index in [0.717, 1.165) is 16.6 Å². The average molecular weight is 245 g/mol. The van der Waals surface area contributed by atoms with Gasteiger partial charge in [0.15, 0.2) is 0 Å². The number of imidazole rings is 1. The molecule has 0 amide bonds. The fourth-order valence-electron chi connectivity index (χ4n) is 3.21. The lowest BCUT2D eigenvalue weighted by Crippen LogP contribution is -2.23. The number of fused-ring (bicyclic) bond motifs is 1. The summed E-state index contributed by atoms with van der Waals surface area (Å²) in [5, 5.41) is 0. The first kappa shape index (κ1) is 11.5. The highest BCUT2D eigenvalue weighted by molar-refractivity contribution is 5.75. The molecule has 0 spiro atoms. The van der Waals surface area contributed by atoms with E-state index in [1.54, 1.807) is 0 Å². The first-order valence-corrected chi connectivity index (χ1v) is 6.62. The lowest BCUT2D eigenvalue weighted by Gasteiger charge is -2.23. The van der Waals surface area contributed by atoms with Crippen LogP contribution in [0.2, 0.25) is 0 Å². The van der Waals surface area contributed by atoms with Crippen LogP contribution in [0.4, 0.5) is 0 Å². The largest absolute Gasteiger partial charge is 0.324 e. The Morgan fingerprint density at radius 3 is 2.78 bits per heavy atom. The van der Waals surface area contributed by atoms with Crippen molar-refractivity contribution in [2.45, 2.75) is 32.2 Å². The maximum absolute atomic E-state index is 11.2. The molecule has 2 aromatic rings. The summed E-state index contributed by atoms with van der Waals surface area (Å²) < 4.78 is 0. The van der Waals surface area contributed by atoms with Crippen molar-refractivity contribution in [2.75, 3.05) is 0 Å². The molecule has 0 saturated heterocycles. The summed E-state index contributed by atoms with van der Waals surface area (Å²) in [7, 11) is 0. The van der Waals surface area contributed by atoms with Crippen LogP contribution in [0.3, 0.4) is 0 Å². The van der Waals surface area contributed by atoms with Crippen LogP contribution in [0.15, 0.2) is 23.0 Å². The van der Waals surface area contributed by atoms with Crippen LogP contribution in [0, 0.1) is 11.8 Å². The lowest BCUT2D eigenvalue weighted by molar-refractivity contribution is 0.351. The molecule has 3 unspecified atom stereocenters. The molecule has 4 N–H and O–H groups in total. The van der Waals surface area contributed by atoms with E-state index in [0.29, 0.717) is 11.8 Å². The highest BCUT2D eigenvalue weighted by Crippen LogP contribution is 2.39. The van der Waals surface area contributed by atoms with Gasteiger partial charge in [0.2, 0.25) is 0 Å². The molecule has 1 aromatic heterocycles. The van der Waals surface area contributed by atoms with Gasteiger partial charge in [-0.15, -0.1) is 0 Å². The second-order valence-corrected chi connectivity index (χ2v) is 5.48. The normalized spacial score (nSPS) is 25.7. The summed E-state index contributed by atoms with van der Waals surface area (Å²) in [5.41, 5.74) is 9.03. The van der Waals surface area contributed by atoms with Gasteiger partial charge in [-0.25, -0.2) is 4.79 Å². The van der Waals surface area contributed by atoms with E-state index in [4.69, 9.17) is 5.73 Å². The lowest BCUT2D eigenvalue weighted by atomic mass is 9.86. The SMILES string of the molecule is CC1CCCC1C(N)c1ccc2[nH]c(=O)[nH]c2c1. The quantitative estimate of drug-likeness (QED) is 0.759. The predicted octanol–water partition coefficient (Wildman–Crippen LogP) is 2.29. The zero-order chi connectivity index (χ0) is 12.7. The number of hydrogen-bond acceptors (Lipinski definition) is 2. The van der Waals surface area contributed by atoms with Crippen molar-refractivity contribution in [1.29, 1.82) is 0 Å². The Balaban J connectivity index is 1.95. The van der Waals surface area contributed by atoms with E-state index in [2.05, 4.69) is 16.9 Å². The number of rotatable bonds is 2. The van der Waals surface area contributed by atoms with Gasteiger partial charge in [0.1, 0.15) is 0 Å². The number of nitrogens with one attached hydrogen (secondary N) is 2. The zero-order valence-electron chi connectivity index (χ0n) is 10.6. The highest BCUT2D eigenvalue weighted by Gasteiger charge is 2.29. The second kappa shape index (κ2) is 4.28. The van der Waals surface area contributed by atoms with Crippen LogP contribution in [-0.4, -0.2) is 9.97 Å². The smallest absolute Gasteiger partial charge is 0.323 e. The standard InChI is InChI=1S/C14H19N3O/c1-8-3-2-4-10(8)13(15)9-5-6-11-12(7-9)17-14(18)16-11/h5-8,10,13H,2-4,15H2,1H3,(H2,16,17,18). The van der Waals surface area contributed by atoms with Crippen LogP contribution < -0.4 is 11.4 Å². The van der Waals surface area contributed by atoms with Crippen LogP contribution in [0.5, 0.6) is 0 Å². The van der Waals surface area contributed by atoms with Crippen molar-refractivity contribution >= 4 is 11.0 Å². The number of hydrogen-bond donors (Lipinski definition) is 3. The minimum absolute atomic E-state index is 0.0744. The van der Waals surface area contributed by atoms with E-state index < -0.39 is 0 Å². The molecule has 3 rings (SSSR count). The van der Waals surface area contributed by atoms with E-state index in [-0.39, 0.29) is 11.7 Å². The van der Waals surface area contributed by atoms with Crippen LogP contribution in [-0.2, 0) is 0 Å².